The smallest absolute Gasteiger partial charge is 0.305 e. The van der Waals surface area contributed by atoms with Gasteiger partial charge in [-0.15, -0.1) is 0 Å². The Bertz CT molecular complexity index is 1050. The van der Waals surface area contributed by atoms with Crippen LogP contribution in [0.4, 0.5) is 0 Å². The van der Waals surface area contributed by atoms with Crippen molar-refractivity contribution < 1.29 is 24.5 Å². The van der Waals surface area contributed by atoms with Crippen molar-refractivity contribution in [2.24, 2.45) is 0 Å². The average Bonchev–Trinajstić information content (AvgIpc) is 3.36. The molecule has 0 saturated carbocycles. The summed E-state index contributed by atoms with van der Waals surface area (Å²) in [4.78, 5) is 24.5. The molecule has 0 aliphatic heterocycles. The van der Waals surface area contributed by atoms with E-state index < -0.39 is 12.1 Å². The summed E-state index contributed by atoms with van der Waals surface area (Å²) < 4.78 is 5.47. The van der Waals surface area contributed by atoms with Crippen LogP contribution in [0.25, 0.3) is 0 Å². The van der Waals surface area contributed by atoms with Crippen LogP contribution in [0.5, 0.6) is 0 Å². The molecule has 6 heteroatoms. The Morgan fingerprint density at radius 3 is 0.971 bits per heavy atom. The van der Waals surface area contributed by atoms with Crippen LogP contribution in [0.1, 0.15) is 361 Å². The highest BCUT2D eigenvalue weighted by molar-refractivity contribution is 5.76. The first-order valence-corrected chi connectivity index (χ1v) is 32.0. The van der Waals surface area contributed by atoms with Crippen molar-refractivity contribution in [2.75, 3.05) is 13.2 Å². The number of nitrogens with one attached hydrogen (secondary N) is 1. The maximum Gasteiger partial charge on any atom is 0.305 e. The summed E-state index contributed by atoms with van der Waals surface area (Å²) in [7, 11) is 0. The number of unbranched alkanes of at least 4 members (excludes halogenated alkanes) is 49. The third-order valence-electron chi connectivity index (χ3n) is 15.1. The summed E-state index contributed by atoms with van der Waals surface area (Å²) in [6.07, 6.45) is 72.6. The molecule has 0 spiro atoms. The van der Waals surface area contributed by atoms with Gasteiger partial charge in [0.25, 0.3) is 0 Å². The molecule has 0 aromatic heterocycles. The first-order chi connectivity index (χ1) is 34.5. The number of ether oxygens (including phenoxy) is 1. The highest BCUT2D eigenvalue weighted by atomic mass is 16.5. The van der Waals surface area contributed by atoms with E-state index >= 15 is 0 Å². The van der Waals surface area contributed by atoms with E-state index in [2.05, 4.69) is 19.2 Å². The SMILES string of the molecule is CCCCCCCCCCCCCCCCCCC/C=C/C(O)C(CO)NC(=O)CCCCCCCCCCCCCCCCCCCCCCCCCOC(=O)CCCCCCCCCCCCC. The highest BCUT2D eigenvalue weighted by Crippen LogP contribution is 2.18. The van der Waals surface area contributed by atoms with Crippen LogP contribution in [-0.2, 0) is 14.3 Å². The molecule has 416 valence electrons. The van der Waals surface area contributed by atoms with Crippen molar-refractivity contribution in [3.8, 4) is 0 Å². The molecular formula is C64H125NO5. The van der Waals surface area contributed by atoms with Gasteiger partial charge in [-0.25, -0.2) is 0 Å². The molecule has 3 N–H and O–H groups in total. The Morgan fingerprint density at radius 2 is 0.657 bits per heavy atom. The average molecular weight is 989 g/mol. The van der Waals surface area contributed by atoms with Gasteiger partial charge in [0.2, 0.25) is 5.91 Å². The molecule has 0 aliphatic carbocycles. The van der Waals surface area contributed by atoms with Crippen molar-refractivity contribution in [3.05, 3.63) is 12.2 Å². The molecule has 0 aromatic rings. The molecule has 6 nitrogen and oxygen atoms in total. The number of allylic oxidation sites excluding steroid dienone is 1. The molecule has 0 heterocycles. The summed E-state index contributed by atoms with van der Waals surface area (Å²) in [5, 5.41) is 23.2. The molecule has 0 rings (SSSR count). The lowest BCUT2D eigenvalue weighted by atomic mass is 10.0. The minimum absolute atomic E-state index is 0.0143. The number of aliphatic hydroxyl groups excluding tert-OH is 2. The van der Waals surface area contributed by atoms with Gasteiger partial charge in [0.15, 0.2) is 0 Å². The second-order valence-corrected chi connectivity index (χ2v) is 22.1. The largest absolute Gasteiger partial charge is 0.466 e. The lowest BCUT2D eigenvalue weighted by Gasteiger charge is -2.20. The molecule has 0 aromatic carbocycles. The minimum Gasteiger partial charge on any atom is -0.466 e. The molecule has 0 aliphatic rings. The fourth-order valence-corrected chi connectivity index (χ4v) is 10.2. The van der Waals surface area contributed by atoms with E-state index in [1.807, 2.05) is 6.08 Å². The predicted molar refractivity (Wildman–Crippen MR) is 306 cm³/mol. The van der Waals surface area contributed by atoms with Crippen molar-refractivity contribution in [1.82, 2.24) is 5.32 Å². The third kappa shape index (κ3) is 55.9. The van der Waals surface area contributed by atoms with Crippen molar-refractivity contribution in [2.45, 2.75) is 373 Å². The van der Waals surface area contributed by atoms with Gasteiger partial charge >= 0.3 is 5.97 Å². The van der Waals surface area contributed by atoms with Gasteiger partial charge in [0, 0.05) is 12.8 Å². The van der Waals surface area contributed by atoms with Gasteiger partial charge in [-0.1, -0.05) is 328 Å². The second-order valence-electron chi connectivity index (χ2n) is 22.1. The number of carbonyl (C=O) groups excluding carboxylic acids is 2. The molecule has 0 bridgehead atoms. The zero-order valence-electron chi connectivity index (χ0n) is 47.5. The van der Waals surface area contributed by atoms with Crippen LogP contribution in [0.3, 0.4) is 0 Å². The Balaban J connectivity index is 3.40. The predicted octanol–water partition coefficient (Wildman–Crippen LogP) is 20.0. The number of amides is 1. The van der Waals surface area contributed by atoms with Crippen LogP contribution in [0.15, 0.2) is 12.2 Å². The second kappa shape index (κ2) is 60.2. The van der Waals surface area contributed by atoms with Crippen molar-refractivity contribution >= 4 is 11.9 Å². The van der Waals surface area contributed by atoms with E-state index in [-0.39, 0.29) is 18.5 Å². The maximum absolute atomic E-state index is 12.5. The normalized spacial score (nSPS) is 12.6. The fourth-order valence-electron chi connectivity index (χ4n) is 10.2. The van der Waals surface area contributed by atoms with E-state index in [9.17, 15) is 19.8 Å². The van der Waals surface area contributed by atoms with Gasteiger partial charge in [-0.05, 0) is 32.1 Å². The van der Waals surface area contributed by atoms with Crippen LogP contribution in [0.2, 0.25) is 0 Å². The Kier molecular flexibility index (Phi) is 59.0. The van der Waals surface area contributed by atoms with E-state index in [4.69, 9.17) is 4.74 Å². The van der Waals surface area contributed by atoms with Crippen LogP contribution < -0.4 is 5.32 Å². The zero-order valence-corrected chi connectivity index (χ0v) is 47.5. The standard InChI is InChI=1S/C64H125NO5/c1-3-5-7-9-11-13-15-16-17-18-24-27-30-33-37-40-44-48-52-56-62(67)61(60-66)65-63(68)57-53-49-45-41-38-34-31-28-25-22-20-19-21-23-26-29-32-35-39-43-47-51-55-59-70-64(69)58-54-50-46-42-36-14-12-10-8-6-4-2/h52,56,61-62,66-67H,3-51,53-55,57-60H2,1-2H3,(H,65,68)/b56-52+. The number of rotatable bonds is 60. The summed E-state index contributed by atoms with van der Waals surface area (Å²) >= 11 is 0. The monoisotopic (exact) mass is 988 g/mol. The number of esters is 1. The summed E-state index contributed by atoms with van der Waals surface area (Å²) in [5.74, 6) is -0.0495. The van der Waals surface area contributed by atoms with E-state index in [0.29, 0.717) is 19.4 Å². The highest BCUT2D eigenvalue weighted by Gasteiger charge is 2.18. The van der Waals surface area contributed by atoms with E-state index in [1.54, 1.807) is 6.08 Å². The first-order valence-electron chi connectivity index (χ1n) is 32.0. The molecule has 0 saturated heterocycles. The lowest BCUT2D eigenvalue weighted by Crippen LogP contribution is -2.45. The molecule has 0 fully saturated rings. The van der Waals surface area contributed by atoms with Gasteiger partial charge in [0.1, 0.15) is 0 Å². The van der Waals surface area contributed by atoms with Crippen LogP contribution in [-0.4, -0.2) is 47.4 Å². The summed E-state index contributed by atoms with van der Waals surface area (Å²) in [5.41, 5.74) is 0. The topological polar surface area (TPSA) is 95.9 Å². The minimum atomic E-state index is -0.844. The molecule has 0 radical (unpaired) electrons. The van der Waals surface area contributed by atoms with Gasteiger partial charge in [0.05, 0.1) is 25.4 Å². The zero-order chi connectivity index (χ0) is 50.7. The Labute approximate surface area is 438 Å². The molecular weight excluding hydrogens is 863 g/mol. The number of carbonyl (C=O) groups is 2. The summed E-state index contributed by atoms with van der Waals surface area (Å²) in [6, 6.07) is -0.627. The quantitative estimate of drug-likeness (QED) is 0.0321. The molecule has 2 atom stereocenters. The lowest BCUT2D eigenvalue weighted by molar-refractivity contribution is -0.143. The van der Waals surface area contributed by atoms with E-state index in [1.165, 1.54) is 295 Å². The Morgan fingerprint density at radius 1 is 0.386 bits per heavy atom. The number of hydrogen-bond acceptors (Lipinski definition) is 5. The van der Waals surface area contributed by atoms with E-state index in [0.717, 1.165) is 38.5 Å². The number of aliphatic hydroxyl groups is 2. The summed E-state index contributed by atoms with van der Waals surface area (Å²) in [6.45, 7) is 4.93. The number of hydrogen-bond donors (Lipinski definition) is 3. The fraction of sp³-hybridized carbons (Fsp3) is 0.938. The van der Waals surface area contributed by atoms with Gasteiger partial charge in [-0.2, -0.15) is 0 Å². The van der Waals surface area contributed by atoms with Gasteiger partial charge in [-0.3, -0.25) is 9.59 Å². The Hall–Kier alpha value is -1.40. The first kappa shape index (κ1) is 68.6. The van der Waals surface area contributed by atoms with Crippen LogP contribution in [0, 0.1) is 0 Å². The molecule has 2 unspecified atom stereocenters. The molecule has 1 amide bonds. The third-order valence-corrected chi connectivity index (χ3v) is 15.1. The van der Waals surface area contributed by atoms with Gasteiger partial charge < -0.3 is 20.3 Å². The van der Waals surface area contributed by atoms with Crippen molar-refractivity contribution in [3.63, 3.8) is 0 Å². The van der Waals surface area contributed by atoms with Crippen LogP contribution >= 0.6 is 0 Å². The van der Waals surface area contributed by atoms with Crippen molar-refractivity contribution in [1.29, 1.82) is 0 Å². The molecule has 70 heavy (non-hydrogen) atoms. The maximum atomic E-state index is 12.5.